The molecule has 158 valence electrons. The third-order valence-corrected chi connectivity index (χ3v) is 4.79. The second kappa shape index (κ2) is 11.0. The molecule has 5 nitrogen and oxygen atoms in total. The first-order chi connectivity index (χ1) is 13.8. The molecule has 0 bridgehead atoms. The van der Waals surface area contributed by atoms with E-state index in [2.05, 4.69) is 0 Å². The monoisotopic (exact) mass is 430 g/mol. The Morgan fingerprint density at radius 3 is 2.17 bits per heavy atom. The van der Waals surface area contributed by atoms with Gasteiger partial charge in [-0.05, 0) is 55.5 Å². The van der Waals surface area contributed by atoms with Gasteiger partial charge >= 0.3 is 12.1 Å². The van der Waals surface area contributed by atoms with Crippen molar-refractivity contribution in [2.24, 2.45) is 0 Å². The number of halogens is 3. The molecule has 0 heterocycles. The molecule has 2 aromatic carbocycles. The van der Waals surface area contributed by atoms with Crippen molar-refractivity contribution in [3.63, 3.8) is 0 Å². The molecule has 9 heteroatoms. The number of carbonyl (C=O) groups is 1. The lowest BCUT2D eigenvalue weighted by Gasteiger charge is -2.18. The summed E-state index contributed by atoms with van der Waals surface area (Å²) in [5.41, 5.74) is -0.724. The molecule has 0 radical (unpaired) electrons. The van der Waals surface area contributed by atoms with Crippen LogP contribution in [0.1, 0.15) is 12.5 Å². The molecule has 1 N–H and O–H groups in total. The Bertz CT molecular complexity index is 763. The van der Waals surface area contributed by atoms with Gasteiger partial charge in [-0.25, -0.2) is 4.79 Å². The fraction of sp³-hybridized carbons (Fsp3) is 0.350. The van der Waals surface area contributed by atoms with E-state index < -0.39 is 24.3 Å². The molecule has 0 fully saturated rings. The van der Waals surface area contributed by atoms with Crippen LogP contribution >= 0.6 is 11.8 Å². The Kier molecular flexibility index (Phi) is 8.66. The highest BCUT2D eigenvalue weighted by Crippen LogP contribution is 2.30. The fourth-order valence-electron chi connectivity index (χ4n) is 2.28. The van der Waals surface area contributed by atoms with Crippen LogP contribution in [0.15, 0.2) is 53.4 Å². The third-order valence-electron chi connectivity index (χ3n) is 3.64. The zero-order valence-electron chi connectivity index (χ0n) is 15.6. The standard InChI is InChI=1S/C20H21F3O5S/c1-2-26-17(11-27-15-5-3-14(4-6-15)20(21,22)23)13-29-18-9-7-16(8-10-18)28-12-19(24)25/h3-10,17H,2,11-13H2,1H3,(H,24,25)/t17-/m1/s1. The number of hydrogen-bond donors (Lipinski definition) is 1. The molecule has 0 aliphatic rings. The average Bonchev–Trinajstić information content (AvgIpc) is 2.69. The summed E-state index contributed by atoms with van der Waals surface area (Å²) in [4.78, 5) is 11.4. The topological polar surface area (TPSA) is 65.0 Å². The Balaban J connectivity index is 1.84. The first-order valence-corrected chi connectivity index (χ1v) is 9.75. The van der Waals surface area contributed by atoms with Crippen molar-refractivity contribution >= 4 is 17.7 Å². The average molecular weight is 430 g/mol. The molecule has 2 rings (SSSR count). The lowest BCUT2D eigenvalue weighted by atomic mass is 10.2. The lowest BCUT2D eigenvalue weighted by molar-refractivity contribution is -0.139. The van der Waals surface area contributed by atoms with Crippen molar-refractivity contribution in [2.75, 3.05) is 25.6 Å². The SMILES string of the molecule is CCO[C@H](COc1ccc(C(F)(F)F)cc1)CSc1ccc(OCC(=O)O)cc1. The minimum absolute atomic E-state index is 0.200. The minimum Gasteiger partial charge on any atom is -0.491 e. The van der Waals surface area contributed by atoms with Crippen LogP contribution in [0.25, 0.3) is 0 Å². The number of aliphatic carboxylic acids is 1. The van der Waals surface area contributed by atoms with Gasteiger partial charge in [-0.1, -0.05) is 0 Å². The van der Waals surface area contributed by atoms with Crippen LogP contribution in [0.3, 0.4) is 0 Å². The predicted molar refractivity (Wildman–Crippen MR) is 103 cm³/mol. The van der Waals surface area contributed by atoms with E-state index in [1.807, 2.05) is 19.1 Å². The van der Waals surface area contributed by atoms with Crippen molar-refractivity contribution in [3.8, 4) is 11.5 Å². The van der Waals surface area contributed by atoms with Crippen LogP contribution in [0.5, 0.6) is 11.5 Å². The van der Waals surface area contributed by atoms with Gasteiger partial charge in [-0.15, -0.1) is 11.8 Å². The summed E-state index contributed by atoms with van der Waals surface area (Å²) in [5.74, 6) is 0.330. The van der Waals surface area contributed by atoms with Gasteiger partial charge in [0.05, 0.1) is 5.56 Å². The molecular weight excluding hydrogens is 409 g/mol. The number of alkyl halides is 3. The molecule has 0 aliphatic carbocycles. The molecule has 29 heavy (non-hydrogen) atoms. The number of benzene rings is 2. The van der Waals surface area contributed by atoms with Crippen LogP contribution in [0.4, 0.5) is 13.2 Å². The predicted octanol–water partition coefficient (Wildman–Crippen LogP) is 4.75. The van der Waals surface area contributed by atoms with Crippen LogP contribution < -0.4 is 9.47 Å². The smallest absolute Gasteiger partial charge is 0.416 e. The van der Waals surface area contributed by atoms with Crippen molar-refractivity contribution < 1.29 is 37.3 Å². The summed E-state index contributed by atoms with van der Waals surface area (Å²) in [6.45, 7) is 2.13. The van der Waals surface area contributed by atoms with E-state index in [1.165, 1.54) is 23.9 Å². The van der Waals surface area contributed by atoms with Gasteiger partial charge < -0.3 is 19.3 Å². The second-order valence-electron chi connectivity index (χ2n) is 5.88. The van der Waals surface area contributed by atoms with Crippen molar-refractivity contribution in [2.45, 2.75) is 24.1 Å². The number of thioether (sulfide) groups is 1. The van der Waals surface area contributed by atoms with Gasteiger partial charge in [0.2, 0.25) is 0 Å². The Morgan fingerprint density at radius 1 is 1.03 bits per heavy atom. The summed E-state index contributed by atoms with van der Waals surface area (Å²) in [5, 5.41) is 8.60. The van der Waals surface area contributed by atoms with E-state index in [1.54, 1.807) is 12.1 Å². The highest BCUT2D eigenvalue weighted by molar-refractivity contribution is 7.99. The molecular formula is C20H21F3O5S. The zero-order chi connectivity index (χ0) is 21.3. The lowest BCUT2D eigenvalue weighted by Crippen LogP contribution is -2.24. The molecule has 0 aromatic heterocycles. The quantitative estimate of drug-likeness (QED) is 0.520. The van der Waals surface area contributed by atoms with Crippen LogP contribution in [0.2, 0.25) is 0 Å². The molecule has 2 aromatic rings. The maximum atomic E-state index is 12.6. The van der Waals surface area contributed by atoms with E-state index >= 15 is 0 Å². The van der Waals surface area contributed by atoms with Gasteiger partial charge in [-0.2, -0.15) is 13.2 Å². The van der Waals surface area contributed by atoms with E-state index in [0.29, 0.717) is 23.9 Å². The van der Waals surface area contributed by atoms with Crippen molar-refractivity contribution in [3.05, 3.63) is 54.1 Å². The number of carboxylic acid groups (broad SMARTS) is 1. The molecule has 1 atom stereocenters. The molecule has 0 unspecified atom stereocenters. The molecule has 0 spiro atoms. The summed E-state index contributed by atoms with van der Waals surface area (Å²) >= 11 is 1.52. The highest BCUT2D eigenvalue weighted by atomic mass is 32.2. The summed E-state index contributed by atoms with van der Waals surface area (Å²) < 4.78 is 54.1. The Labute approximate surface area is 170 Å². The van der Waals surface area contributed by atoms with E-state index in [9.17, 15) is 18.0 Å². The first-order valence-electron chi connectivity index (χ1n) is 8.77. The first kappa shape index (κ1) is 22.9. The van der Waals surface area contributed by atoms with E-state index in [-0.39, 0.29) is 12.7 Å². The number of ether oxygens (including phenoxy) is 3. The Hall–Kier alpha value is -2.39. The molecule has 0 saturated heterocycles. The summed E-state index contributed by atoms with van der Waals surface area (Å²) in [6.07, 6.45) is -4.63. The molecule has 0 aliphatic heterocycles. The minimum atomic E-state index is -4.38. The number of carboxylic acids is 1. The van der Waals surface area contributed by atoms with Gasteiger partial charge in [0.15, 0.2) is 6.61 Å². The normalized spacial score (nSPS) is 12.4. The number of hydrogen-bond acceptors (Lipinski definition) is 5. The maximum Gasteiger partial charge on any atom is 0.416 e. The maximum absolute atomic E-state index is 12.6. The largest absolute Gasteiger partial charge is 0.491 e. The molecule has 0 saturated carbocycles. The second-order valence-corrected chi connectivity index (χ2v) is 6.97. The molecule has 0 amide bonds. The fourth-order valence-corrected chi connectivity index (χ4v) is 3.18. The van der Waals surface area contributed by atoms with Gasteiger partial charge in [0.1, 0.15) is 24.2 Å². The van der Waals surface area contributed by atoms with Crippen molar-refractivity contribution in [1.82, 2.24) is 0 Å². The number of rotatable bonds is 11. The third kappa shape index (κ3) is 8.25. The zero-order valence-corrected chi connectivity index (χ0v) is 16.5. The van der Waals surface area contributed by atoms with Gasteiger partial charge in [-0.3, -0.25) is 0 Å². The van der Waals surface area contributed by atoms with Crippen LogP contribution in [-0.4, -0.2) is 42.8 Å². The van der Waals surface area contributed by atoms with E-state index in [4.69, 9.17) is 19.3 Å². The summed E-state index contributed by atoms with van der Waals surface area (Å²) in [7, 11) is 0. The Morgan fingerprint density at radius 2 is 1.62 bits per heavy atom. The van der Waals surface area contributed by atoms with Crippen LogP contribution in [-0.2, 0) is 15.7 Å². The van der Waals surface area contributed by atoms with E-state index in [0.717, 1.165) is 17.0 Å². The van der Waals surface area contributed by atoms with Gasteiger partial charge in [0.25, 0.3) is 0 Å². The highest BCUT2D eigenvalue weighted by Gasteiger charge is 2.30. The van der Waals surface area contributed by atoms with Crippen molar-refractivity contribution in [1.29, 1.82) is 0 Å². The van der Waals surface area contributed by atoms with Gasteiger partial charge in [0, 0.05) is 17.3 Å². The van der Waals surface area contributed by atoms with Crippen LogP contribution in [0, 0.1) is 0 Å². The summed E-state index contributed by atoms with van der Waals surface area (Å²) in [6, 6.07) is 11.5.